The molecular formula is C13H21NO3S. The highest BCUT2D eigenvalue weighted by Gasteiger charge is 2.33. The Labute approximate surface area is 112 Å². The quantitative estimate of drug-likeness (QED) is 0.565. The molecule has 1 aromatic heterocycles. The molecule has 0 saturated carbocycles. The molecule has 1 heterocycles. The minimum absolute atomic E-state index is 0.223. The van der Waals surface area contributed by atoms with Crippen LogP contribution in [-0.2, 0) is 26.1 Å². The molecule has 0 amide bonds. The Kier molecular flexibility index (Phi) is 5.75. The van der Waals surface area contributed by atoms with Crippen molar-refractivity contribution in [3.8, 4) is 0 Å². The summed E-state index contributed by atoms with van der Waals surface area (Å²) in [6, 6.07) is 0. The maximum Gasteiger partial charge on any atom is 0.317 e. The molecule has 1 rings (SSSR count). The van der Waals surface area contributed by atoms with E-state index in [9.17, 15) is 4.79 Å². The lowest BCUT2D eigenvalue weighted by molar-refractivity contribution is -0.148. The third-order valence-electron chi connectivity index (χ3n) is 2.72. The minimum atomic E-state index is -0.675. The molecule has 4 nitrogen and oxygen atoms in total. The van der Waals surface area contributed by atoms with Crippen molar-refractivity contribution in [1.29, 1.82) is 0 Å². The average molecular weight is 271 g/mol. The Bertz CT molecular complexity index is 387. The van der Waals surface area contributed by atoms with Gasteiger partial charge in [0.05, 0.1) is 17.3 Å². The molecule has 0 atom stereocenters. The van der Waals surface area contributed by atoms with E-state index in [4.69, 9.17) is 9.47 Å². The third kappa shape index (κ3) is 3.78. The summed E-state index contributed by atoms with van der Waals surface area (Å²) < 4.78 is 10.1. The first-order valence-electron chi connectivity index (χ1n) is 6.13. The van der Waals surface area contributed by atoms with Crippen LogP contribution >= 0.6 is 11.3 Å². The van der Waals surface area contributed by atoms with Gasteiger partial charge in [-0.2, -0.15) is 0 Å². The van der Waals surface area contributed by atoms with E-state index in [1.807, 2.05) is 26.2 Å². The first-order valence-corrected chi connectivity index (χ1v) is 7.01. The Hall–Kier alpha value is -0.940. The molecular weight excluding hydrogens is 250 g/mol. The molecule has 0 N–H and O–H groups in total. The molecule has 0 unspecified atom stereocenters. The van der Waals surface area contributed by atoms with Gasteiger partial charge in [-0.3, -0.25) is 4.79 Å². The van der Waals surface area contributed by atoms with Crippen molar-refractivity contribution < 1.29 is 14.3 Å². The first kappa shape index (κ1) is 15.1. The van der Waals surface area contributed by atoms with Gasteiger partial charge in [0.15, 0.2) is 0 Å². The minimum Gasteiger partial charge on any atom is -0.465 e. The Balaban J connectivity index is 2.68. The Morgan fingerprint density at radius 3 is 2.83 bits per heavy atom. The molecule has 0 aliphatic carbocycles. The maximum absolute atomic E-state index is 11.9. The summed E-state index contributed by atoms with van der Waals surface area (Å²) in [7, 11) is 1.69. The second kappa shape index (κ2) is 6.85. The molecule has 0 bridgehead atoms. The highest BCUT2D eigenvalue weighted by atomic mass is 32.1. The number of aryl methyl sites for hydroxylation is 1. The number of thiazole rings is 1. The topological polar surface area (TPSA) is 48.4 Å². The molecule has 5 heteroatoms. The molecule has 0 aromatic carbocycles. The number of hydrogen-bond acceptors (Lipinski definition) is 5. The molecule has 0 aliphatic heterocycles. The number of methoxy groups -OCH3 is 1. The zero-order valence-electron chi connectivity index (χ0n) is 11.5. The number of carbonyl (C=O) groups is 1. The lowest BCUT2D eigenvalue weighted by Gasteiger charge is -2.19. The van der Waals surface area contributed by atoms with E-state index in [2.05, 4.69) is 4.98 Å². The fourth-order valence-corrected chi connectivity index (χ4v) is 2.50. The fourth-order valence-electron chi connectivity index (χ4n) is 1.50. The van der Waals surface area contributed by atoms with Crippen molar-refractivity contribution in [2.24, 2.45) is 0 Å². The van der Waals surface area contributed by atoms with Gasteiger partial charge in [0.1, 0.15) is 5.41 Å². The number of rotatable bonds is 7. The molecule has 0 radical (unpaired) electrons. The summed E-state index contributed by atoms with van der Waals surface area (Å²) in [6.07, 6.45) is 1.83. The number of hydrogen-bond donors (Lipinski definition) is 0. The number of ether oxygens (including phenoxy) is 2. The van der Waals surface area contributed by atoms with E-state index in [-0.39, 0.29) is 5.97 Å². The summed E-state index contributed by atoms with van der Waals surface area (Å²) in [6.45, 7) is 6.63. The van der Waals surface area contributed by atoms with Crippen molar-refractivity contribution in [2.45, 2.75) is 39.0 Å². The van der Waals surface area contributed by atoms with Crippen LogP contribution in [-0.4, -0.2) is 31.3 Å². The zero-order chi connectivity index (χ0) is 13.6. The lowest BCUT2D eigenvalue weighted by atomic mass is 9.90. The van der Waals surface area contributed by atoms with Crippen molar-refractivity contribution in [2.75, 3.05) is 20.3 Å². The summed E-state index contributed by atoms with van der Waals surface area (Å²) >= 11 is 1.59. The van der Waals surface area contributed by atoms with Gasteiger partial charge >= 0.3 is 5.97 Å². The van der Waals surface area contributed by atoms with Gasteiger partial charge < -0.3 is 9.47 Å². The molecule has 0 fully saturated rings. The van der Waals surface area contributed by atoms with Crippen LogP contribution in [0.25, 0.3) is 0 Å². The molecule has 18 heavy (non-hydrogen) atoms. The number of esters is 1. The Morgan fingerprint density at radius 2 is 2.22 bits per heavy atom. The van der Waals surface area contributed by atoms with E-state index >= 15 is 0 Å². The zero-order valence-corrected chi connectivity index (χ0v) is 12.3. The predicted octanol–water partition coefficient (Wildman–Crippen LogP) is 2.56. The van der Waals surface area contributed by atoms with Crippen LogP contribution < -0.4 is 0 Å². The fraction of sp³-hybridized carbons (Fsp3) is 0.692. The largest absolute Gasteiger partial charge is 0.465 e. The first-order chi connectivity index (χ1) is 8.52. The van der Waals surface area contributed by atoms with Gasteiger partial charge in [-0.15, -0.1) is 11.3 Å². The van der Waals surface area contributed by atoms with Crippen LogP contribution in [0.15, 0.2) is 5.38 Å². The number of nitrogens with zero attached hydrogens (tertiary/aromatic N) is 1. The van der Waals surface area contributed by atoms with E-state index < -0.39 is 5.41 Å². The van der Waals surface area contributed by atoms with Crippen LogP contribution in [0, 0.1) is 0 Å². The lowest BCUT2D eigenvalue weighted by Crippen LogP contribution is -2.31. The predicted molar refractivity (Wildman–Crippen MR) is 72.0 cm³/mol. The van der Waals surface area contributed by atoms with Gasteiger partial charge in [-0.1, -0.05) is 0 Å². The van der Waals surface area contributed by atoms with Gasteiger partial charge in [0, 0.05) is 25.5 Å². The monoisotopic (exact) mass is 271 g/mol. The molecule has 0 spiro atoms. The van der Waals surface area contributed by atoms with E-state index in [0.717, 1.165) is 30.2 Å². The normalized spacial score (nSPS) is 11.6. The molecule has 0 aliphatic rings. The van der Waals surface area contributed by atoms with Crippen molar-refractivity contribution in [3.63, 3.8) is 0 Å². The highest BCUT2D eigenvalue weighted by Crippen LogP contribution is 2.26. The number of carbonyl (C=O) groups excluding carboxylic acids is 1. The van der Waals surface area contributed by atoms with Crippen molar-refractivity contribution in [3.05, 3.63) is 16.1 Å². The van der Waals surface area contributed by atoms with Gasteiger partial charge in [-0.05, 0) is 27.2 Å². The smallest absolute Gasteiger partial charge is 0.317 e. The summed E-state index contributed by atoms with van der Waals surface area (Å²) in [5, 5.41) is 2.98. The summed E-state index contributed by atoms with van der Waals surface area (Å²) in [5.41, 5.74) is 0.116. The molecule has 102 valence electrons. The van der Waals surface area contributed by atoms with Crippen LogP contribution in [0.2, 0.25) is 0 Å². The van der Waals surface area contributed by atoms with Crippen LogP contribution in [0.4, 0.5) is 0 Å². The molecule has 1 aromatic rings. The molecule has 0 saturated heterocycles. The second-order valence-electron chi connectivity index (χ2n) is 4.57. The Morgan fingerprint density at radius 1 is 1.50 bits per heavy atom. The van der Waals surface area contributed by atoms with Crippen molar-refractivity contribution in [1.82, 2.24) is 4.98 Å². The van der Waals surface area contributed by atoms with E-state index in [1.165, 1.54) is 0 Å². The van der Waals surface area contributed by atoms with Gasteiger partial charge in [0.2, 0.25) is 0 Å². The average Bonchev–Trinajstić information content (AvgIpc) is 2.79. The highest BCUT2D eigenvalue weighted by molar-refractivity contribution is 7.09. The van der Waals surface area contributed by atoms with E-state index in [0.29, 0.717) is 6.61 Å². The van der Waals surface area contributed by atoms with Crippen LogP contribution in [0.1, 0.15) is 37.9 Å². The second-order valence-corrected chi connectivity index (χ2v) is 5.51. The van der Waals surface area contributed by atoms with Gasteiger partial charge in [-0.25, -0.2) is 4.98 Å². The van der Waals surface area contributed by atoms with Crippen LogP contribution in [0.3, 0.4) is 0 Å². The van der Waals surface area contributed by atoms with Gasteiger partial charge in [0.25, 0.3) is 0 Å². The van der Waals surface area contributed by atoms with Crippen LogP contribution in [0.5, 0.6) is 0 Å². The standard InChI is InChI=1S/C13H21NO3S/c1-5-17-12(15)13(2,3)10-9-18-11(14-10)7-6-8-16-4/h9H,5-8H2,1-4H3. The number of aromatic nitrogens is 1. The summed E-state index contributed by atoms with van der Waals surface area (Å²) in [5.74, 6) is -0.223. The maximum atomic E-state index is 11.9. The van der Waals surface area contributed by atoms with E-state index in [1.54, 1.807) is 18.4 Å². The third-order valence-corrected chi connectivity index (χ3v) is 3.63. The summed E-state index contributed by atoms with van der Waals surface area (Å²) in [4.78, 5) is 16.4. The SMILES string of the molecule is CCOC(=O)C(C)(C)c1csc(CCCOC)n1. The van der Waals surface area contributed by atoms with Crippen molar-refractivity contribution >= 4 is 17.3 Å².